The highest BCUT2D eigenvalue weighted by molar-refractivity contribution is 5.98. The molecule has 2 aromatic rings. The topological polar surface area (TPSA) is 49.4 Å². The molecule has 0 spiro atoms. The van der Waals surface area contributed by atoms with Crippen LogP contribution in [0.4, 0.5) is 0 Å². The summed E-state index contributed by atoms with van der Waals surface area (Å²) in [6.45, 7) is 7.49. The molecule has 1 saturated heterocycles. The number of Topliss-reactive ketones (excluding diaryl/α,β-unsaturated/α-hetero) is 1. The Morgan fingerprint density at radius 2 is 1.81 bits per heavy atom. The number of aryl methyl sites for hydroxylation is 1. The van der Waals surface area contributed by atoms with Crippen LogP contribution in [-0.2, 0) is 4.79 Å². The fourth-order valence-corrected chi connectivity index (χ4v) is 4.25. The minimum Gasteiger partial charge on any atom is -0.348 e. The molecule has 2 aromatic carbocycles. The quantitative estimate of drug-likeness (QED) is 0.549. The van der Waals surface area contributed by atoms with E-state index in [1.807, 2.05) is 42.5 Å². The zero-order chi connectivity index (χ0) is 22.9. The van der Waals surface area contributed by atoms with Crippen molar-refractivity contribution < 1.29 is 9.59 Å². The van der Waals surface area contributed by atoms with Crippen molar-refractivity contribution in [2.75, 3.05) is 13.1 Å². The SMILES string of the molecule is CC[C@H](C)[C@@H](/C=C/c1ccccc1C)NC(=O)[C@@H]1CCCCN1CC(=O)c1ccccc1. The van der Waals surface area contributed by atoms with Gasteiger partial charge in [-0.05, 0) is 43.4 Å². The van der Waals surface area contributed by atoms with Crippen LogP contribution in [0, 0.1) is 12.8 Å². The maximum absolute atomic E-state index is 13.3. The van der Waals surface area contributed by atoms with Crippen molar-refractivity contribution in [3.63, 3.8) is 0 Å². The van der Waals surface area contributed by atoms with Gasteiger partial charge in [0.25, 0.3) is 0 Å². The number of ketones is 1. The lowest BCUT2D eigenvalue weighted by molar-refractivity contribution is -0.128. The lowest BCUT2D eigenvalue weighted by Crippen LogP contribution is -2.53. The van der Waals surface area contributed by atoms with E-state index in [1.54, 1.807) is 0 Å². The van der Waals surface area contributed by atoms with Crippen molar-refractivity contribution >= 4 is 17.8 Å². The van der Waals surface area contributed by atoms with E-state index in [9.17, 15) is 9.59 Å². The molecule has 1 heterocycles. The molecule has 0 aromatic heterocycles. The van der Waals surface area contributed by atoms with Gasteiger partial charge in [0.15, 0.2) is 5.78 Å². The number of benzene rings is 2. The summed E-state index contributed by atoms with van der Waals surface area (Å²) < 4.78 is 0. The number of likely N-dealkylation sites (tertiary alicyclic amines) is 1. The third kappa shape index (κ3) is 6.39. The number of nitrogens with one attached hydrogen (secondary N) is 1. The van der Waals surface area contributed by atoms with Crippen molar-refractivity contribution in [3.8, 4) is 0 Å². The molecule has 0 bridgehead atoms. The van der Waals surface area contributed by atoms with E-state index < -0.39 is 0 Å². The van der Waals surface area contributed by atoms with E-state index in [0.717, 1.165) is 32.2 Å². The largest absolute Gasteiger partial charge is 0.348 e. The molecular weight excluding hydrogens is 396 g/mol. The smallest absolute Gasteiger partial charge is 0.237 e. The van der Waals surface area contributed by atoms with Crippen LogP contribution in [0.15, 0.2) is 60.7 Å². The monoisotopic (exact) mass is 432 g/mol. The number of carbonyl (C=O) groups excluding carboxylic acids is 2. The molecule has 1 aliphatic heterocycles. The molecule has 0 unspecified atom stereocenters. The average molecular weight is 433 g/mol. The predicted octanol–water partition coefficient (Wildman–Crippen LogP) is 5.28. The molecule has 4 nitrogen and oxygen atoms in total. The van der Waals surface area contributed by atoms with Crippen LogP contribution in [-0.4, -0.2) is 41.8 Å². The van der Waals surface area contributed by atoms with Gasteiger partial charge in [0, 0.05) is 5.56 Å². The van der Waals surface area contributed by atoms with Gasteiger partial charge in [0.2, 0.25) is 5.91 Å². The first-order valence-electron chi connectivity index (χ1n) is 11.9. The molecule has 3 rings (SSSR count). The number of carbonyl (C=O) groups is 2. The van der Waals surface area contributed by atoms with Gasteiger partial charge in [-0.3, -0.25) is 14.5 Å². The molecule has 0 saturated carbocycles. The molecular formula is C28H36N2O2. The van der Waals surface area contributed by atoms with Crippen molar-refractivity contribution in [3.05, 3.63) is 77.4 Å². The number of amides is 1. The van der Waals surface area contributed by atoms with Gasteiger partial charge < -0.3 is 5.32 Å². The minimum atomic E-state index is -0.255. The third-order valence-corrected chi connectivity index (χ3v) is 6.60. The summed E-state index contributed by atoms with van der Waals surface area (Å²) >= 11 is 0. The molecule has 1 N–H and O–H groups in total. The van der Waals surface area contributed by atoms with Gasteiger partial charge in [-0.15, -0.1) is 0 Å². The summed E-state index contributed by atoms with van der Waals surface area (Å²) in [5.74, 6) is 0.427. The number of piperidine rings is 1. The number of hydrogen-bond acceptors (Lipinski definition) is 3. The van der Waals surface area contributed by atoms with Crippen LogP contribution >= 0.6 is 0 Å². The fraction of sp³-hybridized carbons (Fsp3) is 0.429. The van der Waals surface area contributed by atoms with E-state index in [2.05, 4.69) is 55.3 Å². The van der Waals surface area contributed by atoms with Crippen molar-refractivity contribution in [1.82, 2.24) is 10.2 Å². The Hall–Kier alpha value is -2.72. The van der Waals surface area contributed by atoms with Crippen molar-refractivity contribution in [2.45, 2.75) is 58.5 Å². The molecule has 170 valence electrons. The summed E-state index contributed by atoms with van der Waals surface area (Å²) in [6, 6.07) is 17.3. The van der Waals surface area contributed by atoms with Gasteiger partial charge >= 0.3 is 0 Å². The van der Waals surface area contributed by atoms with Gasteiger partial charge in [-0.2, -0.15) is 0 Å². The second kappa shape index (κ2) is 11.8. The van der Waals surface area contributed by atoms with E-state index in [1.165, 1.54) is 11.1 Å². The Morgan fingerprint density at radius 3 is 2.53 bits per heavy atom. The predicted molar refractivity (Wildman–Crippen MR) is 132 cm³/mol. The summed E-state index contributed by atoms with van der Waals surface area (Å²) in [7, 11) is 0. The van der Waals surface area contributed by atoms with Gasteiger partial charge in [0.05, 0.1) is 18.6 Å². The molecule has 1 aliphatic rings. The fourth-order valence-electron chi connectivity index (χ4n) is 4.25. The van der Waals surface area contributed by atoms with Crippen molar-refractivity contribution in [2.24, 2.45) is 5.92 Å². The first-order valence-corrected chi connectivity index (χ1v) is 11.9. The molecule has 0 radical (unpaired) electrons. The van der Waals surface area contributed by atoms with E-state index >= 15 is 0 Å². The zero-order valence-electron chi connectivity index (χ0n) is 19.6. The summed E-state index contributed by atoms with van der Waals surface area (Å²) in [5.41, 5.74) is 3.09. The van der Waals surface area contributed by atoms with Gasteiger partial charge in [-0.25, -0.2) is 0 Å². The van der Waals surface area contributed by atoms with E-state index in [-0.39, 0.29) is 30.3 Å². The van der Waals surface area contributed by atoms with Crippen LogP contribution in [0.25, 0.3) is 6.08 Å². The maximum atomic E-state index is 13.3. The van der Waals surface area contributed by atoms with E-state index in [4.69, 9.17) is 0 Å². The Kier molecular flexibility index (Phi) is 8.81. The lowest BCUT2D eigenvalue weighted by atomic mass is 9.95. The van der Waals surface area contributed by atoms with Crippen LogP contribution in [0.1, 0.15) is 61.0 Å². The second-order valence-corrected chi connectivity index (χ2v) is 8.91. The highest BCUT2D eigenvalue weighted by atomic mass is 16.2. The third-order valence-electron chi connectivity index (χ3n) is 6.60. The molecule has 1 amide bonds. The minimum absolute atomic E-state index is 0.0327. The summed E-state index contributed by atoms with van der Waals surface area (Å²) in [4.78, 5) is 28.2. The van der Waals surface area contributed by atoms with Crippen LogP contribution < -0.4 is 5.32 Å². The summed E-state index contributed by atoms with van der Waals surface area (Å²) in [6.07, 6.45) is 8.04. The lowest BCUT2D eigenvalue weighted by Gasteiger charge is -2.35. The zero-order valence-corrected chi connectivity index (χ0v) is 19.6. The first kappa shape index (κ1) is 23.9. The molecule has 4 heteroatoms. The first-order chi connectivity index (χ1) is 15.5. The van der Waals surface area contributed by atoms with Crippen LogP contribution in [0.3, 0.4) is 0 Å². The molecule has 3 atom stereocenters. The van der Waals surface area contributed by atoms with Crippen LogP contribution in [0.2, 0.25) is 0 Å². The maximum Gasteiger partial charge on any atom is 0.237 e. The molecule has 1 fully saturated rings. The highest BCUT2D eigenvalue weighted by Gasteiger charge is 2.31. The normalized spacial score (nSPS) is 18.9. The number of rotatable bonds is 9. The average Bonchev–Trinajstić information content (AvgIpc) is 2.82. The van der Waals surface area contributed by atoms with Crippen LogP contribution in [0.5, 0.6) is 0 Å². The summed E-state index contributed by atoms with van der Waals surface area (Å²) in [5, 5.41) is 3.29. The standard InChI is InChI=1S/C28H36N2O2/c1-4-21(2)25(18-17-23-13-9-8-12-22(23)3)29-28(32)26-16-10-11-19-30(26)20-27(31)24-14-6-5-7-15-24/h5-9,12-15,17-18,21,25-26H,4,10-11,16,19-20H2,1-3H3,(H,29,32)/b18-17+/t21-,25+,26-/m0/s1. The van der Waals surface area contributed by atoms with E-state index in [0.29, 0.717) is 11.5 Å². The Balaban J connectivity index is 1.70. The Morgan fingerprint density at radius 1 is 1.09 bits per heavy atom. The number of nitrogens with zero attached hydrogens (tertiary/aromatic N) is 1. The van der Waals surface area contributed by atoms with Gasteiger partial charge in [-0.1, -0.05) is 93.4 Å². The van der Waals surface area contributed by atoms with Crippen molar-refractivity contribution in [1.29, 1.82) is 0 Å². The highest BCUT2D eigenvalue weighted by Crippen LogP contribution is 2.20. The second-order valence-electron chi connectivity index (χ2n) is 8.91. The van der Waals surface area contributed by atoms with Gasteiger partial charge in [0.1, 0.15) is 0 Å². The Labute approximate surface area is 192 Å². The number of hydrogen-bond donors (Lipinski definition) is 1. The molecule has 32 heavy (non-hydrogen) atoms. The molecule has 0 aliphatic carbocycles. The Bertz CT molecular complexity index is 922.